The normalized spacial score (nSPS) is 12.1. The van der Waals surface area contributed by atoms with Gasteiger partial charge in [-0.15, -0.1) is 0 Å². The van der Waals surface area contributed by atoms with Crippen molar-refractivity contribution < 1.29 is 5.11 Å². The SMILES string of the molecule is Cc1ccc(NC(O)c2ccccn2)nc1. The average Bonchev–Trinajstić information content (AvgIpc) is 2.33. The Morgan fingerprint density at radius 2 is 2.06 bits per heavy atom. The van der Waals surface area contributed by atoms with Crippen molar-refractivity contribution in [3.63, 3.8) is 0 Å². The van der Waals surface area contributed by atoms with Crippen LogP contribution in [0.1, 0.15) is 17.5 Å². The smallest absolute Gasteiger partial charge is 0.169 e. The van der Waals surface area contributed by atoms with E-state index in [1.54, 1.807) is 24.5 Å². The summed E-state index contributed by atoms with van der Waals surface area (Å²) in [4.78, 5) is 8.20. The van der Waals surface area contributed by atoms with Gasteiger partial charge >= 0.3 is 0 Å². The molecule has 0 saturated heterocycles. The Labute approximate surface area is 94.0 Å². The Balaban J connectivity index is 2.08. The van der Waals surface area contributed by atoms with E-state index >= 15 is 0 Å². The number of pyridine rings is 2. The number of rotatable bonds is 3. The van der Waals surface area contributed by atoms with Crippen LogP contribution in [0.3, 0.4) is 0 Å². The number of nitrogens with zero attached hydrogens (tertiary/aromatic N) is 2. The minimum atomic E-state index is -0.837. The van der Waals surface area contributed by atoms with Crippen molar-refractivity contribution in [3.8, 4) is 0 Å². The topological polar surface area (TPSA) is 58.0 Å². The van der Waals surface area contributed by atoms with E-state index in [9.17, 15) is 5.11 Å². The molecule has 4 heteroatoms. The molecule has 2 N–H and O–H groups in total. The zero-order valence-corrected chi connectivity index (χ0v) is 8.96. The highest BCUT2D eigenvalue weighted by molar-refractivity contribution is 5.36. The van der Waals surface area contributed by atoms with E-state index in [0.717, 1.165) is 5.56 Å². The first-order valence-corrected chi connectivity index (χ1v) is 5.04. The molecule has 0 saturated carbocycles. The molecule has 1 atom stereocenters. The van der Waals surface area contributed by atoms with E-state index in [-0.39, 0.29) is 0 Å². The molecule has 0 aliphatic carbocycles. The van der Waals surface area contributed by atoms with E-state index < -0.39 is 6.23 Å². The van der Waals surface area contributed by atoms with Crippen molar-refractivity contribution >= 4 is 5.82 Å². The molecule has 0 aromatic carbocycles. The largest absolute Gasteiger partial charge is 0.368 e. The lowest BCUT2D eigenvalue weighted by Crippen LogP contribution is -2.11. The number of hydrogen-bond donors (Lipinski definition) is 2. The lowest BCUT2D eigenvalue weighted by molar-refractivity contribution is 0.203. The molecule has 16 heavy (non-hydrogen) atoms. The zero-order valence-electron chi connectivity index (χ0n) is 8.96. The molecule has 0 aliphatic rings. The zero-order chi connectivity index (χ0) is 11.4. The molecule has 0 radical (unpaired) electrons. The van der Waals surface area contributed by atoms with Gasteiger partial charge in [0, 0.05) is 12.4 Å². The minimum Gasteiger partial charge on any atom is -0.368 e. The van der Waals surface area contributed by atoms with Gasteiger partial charge in [0.05, 0.1) is 5.69 Å². The van der Waals surface area contributed by atoms with E-state index in [4.69, 9.17) is 0 Å². The fraction of sp³-hybridized carbons (Fsp3) is 0.167. The summed E-state index contributed by atoms with van der Waals surface area (Å²) in [6, 6.07) is 9.14. The second-order valence-electron chi connectivity index (χ2n) is 3.52. The van der Waals surface area contributed by atoms with E-state index in [1.807, 2.05) is 25.1 Å². The molecule has 1 unspecified atom stereocenters. The van der Waals surface area contributed by atoms with Gasteiger partial charge < -0.3 is 10.4 Å². The van der Waals surface area contributed by atoms with Gasteiger partial charge in [-0.3, -0.25) is 4.98 Å². The molecule has 4 nitrogen and oxygen atoms in total. The molecule has 0 bridgehead atoms. The third kappa shape index (κ3) is 2.55. The number of aromatic nitrogens is 2. The van der Waals surface area contributed by atoms with Gasteiger partial charge in [-0.25, -0.2) is 4.98 Å². The summed E-state index contributed by atoms with van der Waals surface area (Å²) in [6.07, 6.45) is 2.55. The summed E-state index contributed by atoms with van der Waals surface area (Å²) in [7, 11) is 0. The summed E-state index contributed by atoms with van der Waals surface area (Å²) < 4.78 is 0. The molecule has 0 spiro atoms. The van der Waals surface area contributed by atoms with Crippen molar-refractivity contribution in [2.45, 2.75) is 13.2 Å². The monoisotopic (exact) mass is 215 g/mol. The highest BCUT2D eigenvalue weighted by Crippen LogP contribution is 2.13. The van der Waals surface area contributed by atoms with Gasteiger partial charge in [0.15, 0.2) is 6.23 Å². The van der Waals surface area contributed by atoms with Gasteiger partial charge in [-0.2, -0.15) is 0 Å². The van der Waals surface area contributed by atoms with Crippen molar-refractivity contribution in [1.29, 1.82) is 0 Å². The number of anilines is 1. The van der Waals surface area contributed by atoms with Crippen molar-refractivity contribution in [1.82, 2.24) is 9.97 Å². The average molecular weight is 215 g/mol. The Morgan fingerprint density at radius 1 is 1.19 bits per heavy atom. The maximum atomic E-state index is 9.83. The fourth-order valence-electron chi connectivity index (χ4n) is 1.30. The van der Waals surface area contributed by atoms with Crippen LogP contribution >= 0.6 is 0 Å². The molecule has 2 aromatic heterocycles. The van der Waals surface area contributed by atoms with Crippen LogP contribution in [0, 0.1) is 6.92 Å². The maximum Gasteiger partial charge on any atom is 0.169 e. The molecular weight excluding hydrogens is 202 g/mol. The Morgan fingerprint density at radius 3 is 2.69 bits per heavy atom. The summed E-state index contributed by atoms with van der Waals surface area (Å²) >= 11 is 0. The predicted octanol–water partition coefficient (Wildman–Crippen LogP) is 1.89. The lowest BCUT2D eigenvalue weighted by atomic mass is 10.3. The second-order valence-corrected chi connectivity index (χ2v) is 3.52. The van der Waals surface area contributed by atoms with Crippen molar-refractivity contribution in [2.75, 3.05) is 5.32 Å². The van der Waals surface area contributed by atoms with Gasteiger partial charge in [-0.05, 0) is 30.7 Å². The minimum absolute atomic E-state index is 0.574. The molecule has 0 fully saturated rings. The van der Waals surface area contributed by atoms with Crippen LogP contribution < -0.4 is 5.32 Å². The Bertz CT molecular complexity index is 442. The lowest BCUT2D eigenvalue weighted by Gasteiger charge is -2.12. The van der Waals surface area contributed by atoms with Crippen molar-refractivity contribution in [3.05, 3.63) is 54.0 Å². The highest BCUT2D eigenvalue weighted by atomic mass is 16.3. The summed E-state index contributed by atoms with van der Waals surface area (Å²) in [5.41, 5.74) is 1.66. The first-order chi connectivity index (χ1) is 7.75. The summed E-state index contributed by atoms with van der Waals surface area (Å²) in [5, 5.41) is 12.7. The summed E-state index contributed by atoms with van der Waals surface area (Å²) in [6.45, 7) is 1.96. The van der Waals surface area contributed by atoms with Crippen LogP contribution in [0.2, 0.25) is 0 Å². The molecular formula is C12H13N3O. The molecule has 0 aliphatic heterocycles. The quantitative estimate of drug-likeness (QED) is 0.768. The molecule has 82 valence electrons. The Hall–Kier alpha value is -1.94. The van der Waals surface area contributed by atoms with E-state index in [1.165, 1.54) is 0 Å². The van der Waals surface area contributed by atoms with Gasteiger partial charge in [0.1, 0.15) is 5.82 Å². The third-order valence-electron chi connectivity index (χ3n) is 2.16. The highest BCUT2D eigenvalue weighted by Gasteiger charge is 2.07. The van der Waals surface area contributed by atoms with E-state index in [2.05, 4.69) is 15.3 Å². The first-order valence-electron chi connectivity index (χ1n) is 5.04. The molecule has 2 rings (SSSR count). The molecule has 2 heterocycles. The van der Waals surface area contributed by atoms with Gasteiger partial charge in [-0.1, -0.05) is 12.1 Å². The number of aryl methyl sites for hydroxylation is 1. The number of aliphatic hydroxyl groups is 1. The second kappa shape index (κ2) is 4.72. The fourth-order valence-corrected chi connectivity index (χ4v) is 1.30. The predicted molar refractivity (Wildman–Crippen MR) is 61.8 cm³/mol. The van der Waals surface area contributed by atoms with Crippen LogP contribution in [0.15, 0.2) is 42.7 Å². The molecule has 0 amide bonds. The standard InChI is InChI=1S/C12H13N3O/c1-9-5-6-11(14-8-9)15-12(16)10-4-2-3-7-13-10/h2-8,12,16H,1H3,(H,14,15). The van der Waals surface area contributed by atoms with Crippen LogP contribution in [0.4, 0.5) is 5.82 Å². The number of hydrogen-bond acceptors (Lipinski definition) is 4. The van der Waals surface area contributed by atoms with Crippen LogP contribution in [-0.2, 0) is 0 Å². The van der Waals surface area contributed by atoms with Gasteiger partial charge in [0.2, 0.25) is 0 Å². The van der Waals surface area contributed by atoms with Crippen LogP contribution in [0.5, 0.6) is 0 Å². The first kappa shape index (κ1) is 10.6. The third-order valence-corrected chi connectivity index (χ3v) is 2.16. The van der Waals surface area contributed by atoms with Gasteiger partial charge in [0.25, 0.3) is 0 Å². The maximum absolute atomic E-state index is 9.83. The van der Waals surface area contributed by atoms with Crippen molar-refractivity contribution in [2.24, 2.45) is 0 Å². The molecule has 2 aromatic rings. The summed E-state index contributed by atoms with van der Waals surface area (Å²) in [5.74, 6) is 0.628. The number of nitrogens with one attached hydrogen (secondary N) is 1. The van der Waals surface area contributed by atoms with Crippen LogP contribution in [-0.4, -0.2) is 15.1 Å². The number of aliphatic hydroxyl groups excluding tert-OH is 1. The van der Waals surface area contributed by atoms with Crippen LogP contribution in [0.25, 0.3) is 0 Å². The van der Waals surface area contributed by atoms with E-state index in [0.29, 0.717) is 11.5 Å². The Kier molecular flexibility index (Phi) is 3.12.